The first-order valence-corrected chi connectivity index (χ1v) is 7.34. The first-order valence-electron chi connectivity index (χ1n) is 7.34. The molecule has 0 aromatic carbocycles. The first kappa shape index (κ1) is 15.4. The molecule has 1 saturated heterocycles. The Balaban J connectivity index is 2.19. The van der Waals surface area contributed by atoms with Gasteiger partial charge in [-0.05, 0) is 65.7 Å². The van der Waals surface area contributed by atoms with Crippen LogP contribution in [0.15, 0.2) is 0 Å². The zero-order chi connectivity index (χ0) is 13.4. The third-order valence-corrected chi connectivity index (χ3v) is 3.90. The van der Waals surface area contributed by atoms with E-state index in [4.69, 9.17) is 0 Å². The van der Waals surface area contributed by atoms with Crippen LogP contribution in [0.3, 0.4) is 0 Å². The smallest absolute Gasteiger partial charge is 0.236 e. The summed E-state index contributed by atoms with van der Waals surface area (Å²) in [6.45, 7) is 9.63. The fraction of sp³-hybridized carbons (Fsp3) is 0.929. The van der Waals surface area contributed by atoms with E-state index in [-0.39, 0.29) is 5.91 Å². The van der Waals surface area contributed by atoms with Crippen molar-refractivity contribution in [2.45, 2.75) is 33.1 Å². The summed E-state index contributed by atoms with van der Waals surface area (Å²) in [4.78, 5) is 16.0. The summed E-state index contributed by atoms with van der Waals surface area (Å²) in [5, 5.41) is 3.39. The summed E-state index contributed by atoms with van der Waals surface area (Å²) in [5.74, 6) is 1.10. The zero-order valence-corrected chi connectivity index (χ0v) is 12.2. The zero-order valence-electron chi connectivity index (χ0n) is 12.2. The van der Waals surface area contributed by atoms with E-state index < -0.39 is 0 Å². The highest BCUT2D eigenvalue weighted by Gasteiger charge is 2.16. The molecule has 4 nitrogen and oxygen atoms in total. The molecule has 1 aliphatic rings. The Hall–Kier alpha value is -0.610. The van der Waals surface area contributed by atoms with Crippen molar-refractivity contribution in [2.24, 2.45) is 5.92 Å². The van der Waals surface area contributed by atoms with Gasteiger partial charge in [-0.15, -0.1) is 0 Å². The summed E-state index contributed by atoms with van der Waals surface area (Å²) < 4.78 is 0. The minimum atomic E-state index is 0.257. The summed E-state index contributed by atoms with van der Waals surface area (Å²) in [6, 6.07) is 0. The van der Waals surface area contributed by atoms with E-state index in [0.717, 1.165) is 38.6 Å². The van der Waals surface area contributed by atoms with Crippen molar-refractivity contribution in [1.29, 1.82) is 0 Å². The summed E-state index contributed by atoms with van der Waals surface area (Å²) >= 11 is 0. The van der Waals surface area contributed by atoms with Crippen LogP contribution in [0, 0.1) is 5.92 Å². The van der Waals surface area contributed by atoms with Gasteiger partial charge in [0.1, 0.15) is 0 Å². The van der Waals surface area contributed by atoms with Crippen LogP contribution < -0.4 is 5.32 Å². The van der Waals surface area contributed by atoms with Gasteiger partial charge in [-0.3, -0.25) is 9.69 Å². The van der Waals surface area contributed by atoms with E-state index >= 15 is 0 Å². The number of nitrogens with zero attached hydrogens (tertiary/aromatic N) is 2. The second kappa shape index (κ2) is 8.48. The molecular formula is C14H29N3O. The number of hydrogen-bond acceptors (Lipinski definition) is 3. The monoisotopic (exact) mass is 255 g/mol. The molecule has 1 fully saturated rings. The van der Waals surface area contributed by atoms with Gasteiger partial charge >= 0.3 is 0 Å². The van der Waals surface area contributed by atoms with Gasteiger partial charge in [0, 0.05) is 13.1 Å². The molecule has 0 aromatic heterocycles. The lowest BCUT2D eigenvalue weighted by atomic mass is 9.94. The predicted molar refractivity (Wildman–Crippen MR) is 75.6 cm³/mol. The highest BCUT2D eigenvalue weighted by molar-refractivity contribution is 5.78. The Bertz CT molecular complexity index is 235. The Morgan fingerprint density at radius 1 is 1.22 bits per heavy atom. The predicted octanol–water partition coefficient (Wildman–Crippen LogP) is 1.18. The highest BCUT2D eigenvalue weighted by Crippen LogP contribution is 2.15. The molecule has 0 atom stereocenters. The maximum atomic E-state index is 11.9. The fourth-order valence-corrected chi connectivity index (χ4v) is 2.56. The molecular weight excluding hydrogens is 226 g/mol. The standard InChI is InChI=1S/C14H29N3O/c1-4-17(5-2)14(18)12-16(3)11-8-13-6-9-15-10-7-13/h13,15H,4-12H2,1-3H3. The topological polar surface area (TPSA) is 35.6 Å². The number of carbonyl (C=O) groups is 1. The normalized spacial score (nSPS) is 17.1. The number of rotatable bonds is 7. The number of carbonyl (C=O) groups excluding carboxylic acids is 1. The van der Waals surface area contributed by atoms with Crippen LogP contribution in [0.25, 0.3) is 0 Å². The average molecular weight is 255 g/mol. The number of piperidine rings is 1. The molecule has 0 spiro atoms. The maximum absolute atomic E-state index is 11.9. The minimum Gasteiger partial charge on any atom is -0.342 e. The molecule has 0 aliphatic carbocycles. The lowest BCUT2D eigenvalue weighted by molar-refractivity contribution is -0.131. The molecule has 4 heteroatoms. The minimum absolute atomic E-state index is 0.257. The van der Waals surface area contributed by atoms with Crippen molar-refractivity contribution in [2.75, 3.05) is 46.3 Å². The highest BCUT2D eigenvalue weighted by atomic mass is 16.2. The Morgan fingerprint density at radius 2 is 1.83 bits per heavy atom. The molecule has 1 heterocycles. The van der Waals surface area contributed by atoms with E-state index in [1.807, 2.05) is 18.7 Å². The van der Waals surface area contributed by atoms with Crippen molar-refractivity contribution >= 4 is 5.91 Å². The van der Waals surface area contributed by atoms with Crippen LogP contribution in [0.2, 0.25) is 0 Å². The van der Waals surface area contributed by atoms with Crippen molar-refractivity contribution in [3.05, 3.63) is 0 Å². The van der Waals surface area contributed by atoms with Crippen molar-refractivity contribution in [3.8, 4) is 0 Å². The fourth-order valence-electron chi connectivity index (χ4n) is 2.56. The van der Waals surface area contributed by atoms with Gasteiger partial charge < -0.3 is 10.2 Å². The lowest BCUT2D eigenvalue weighted by Crippen LogP contribution is -2.39. The van der Waals surface area contributed by atoms with Gasteiger partial charge in [-0.2, -0.15) is 0 Å². The number of likely N-dealkylation sites (N-methyl/N-ethyl adjacent to an activating group) is 2. The van der Waals surface area contributed by atoms with Gasteiger partial charge in [-0.25, -0.2) is 0 Å². The largest absolute Gasteiger partial charge is 0.342 e. The molecule has 1 aliphatic heterocycles. The average Bonchev–Trinajstić information content (AvgIpc) is 2.39. The number of nitrogens with one attached hydrogen (secondary N) is 1. The van der Waals surface area contributed by atoms with E-state index in [9.17, 15) is 4.79 Å². The first-order chi connectivity index (χ1) is 8.67. The number of hydrogen-bond donors (Lipinski definition) is 1. The molecule has 0 bridgehead atoms. The van der Waals surface area contributed by atoms with E-state index in [0.29, 0.717) is 6.54 Å². The van der Waals surface area contributed by atoms with Crippen LogP contribution >= 0.6 is 0 Å². The second-order valence-corrected chi connectivity index (χ2v) is 5.29. The van der Waals surface area contributed by atoms with Gasteiger partial charge in [0.15, 0.2) is 0 Å². The summed E-state index contributed by atoms with van der Waals surface area (Å²) in [5.41, 5.74) is 0. The van der Waals surface area contributed by atoms with Gasteiger partial charge in [0.05, 0.1) is 6.54 Å². The molecule has 106 valence electrons. The maximum Gasteiger partial charge on any atom is 0.236 e. The van der Waals surface area contributed by atoms with E-state index in [1.54, 1.807) is 0 Å². The van der Waals surface area contributed by atoms with Crippen LogP contribution in [0.4, 0.5) is 0 Å². The molecule has 1 rings (SSSR count). The van der Waals surface area contributed by atoms with Gasteiger partial charge in [0.25, 0.3) is 0 Å². The van der Waals surface area contributed by atoms with Crippen LogP contribution in [0.1, 0.15) is 33.1 Å². The molecule has 1 N–H and O–H groups in total. The summed E-state index contributed by atoms with van der Waals surface area (Å²) in [6.07, 6.45) is 3.80. The van der Waals surface area contributed by atoms with Crippen molar-refractivity contribution in [3.63, 3.8) is 0 Å². The molecule has 1 amide bonds. The molecule has 0 unspecified atom stereocenters. The van der Waals surface area contributed by atoms with Crippen LogP contribution in [-0.2, 0) is 4.79 Å². The van der Waals surface area contributed by atoms with Gasteiger partial charge in [0.2, 0.25) is 5.91 Å². The molecule has 0 aromatic rings. The number of amides is 1. The van der Waals surface area contributed by atoms with E-state index in [1.165, 1.54) is 19.3 Å². The lowest BCUT2D eigenvalue weighted by Gasteiger charge is -2.26. The molecule has 0 radical (unpaired) electrons. The van der Waals surface area contributed by atoms with Crippen LogP contribution in [0.5, 0.6) is 0 Å². The SMILES string of the molecule is CCN(CC)C(=O)CN(C)CCC1CCNCC1. The molecule has 0 saturated carbocycles. The van der Waals surface area contributed by atoms with E-state index in [2.05, 4.69) is 17.3 Å². The third-order valence-electron chi connectivity index (χ3n) is 3.90. The Kier molecular flexibility index (Phi) is 7.28. The van der Waals surface area contributed by atoms with Crippen molar-refractivity contribution < 1.29 is 4.79 Å². The Morgan fingerprint density at radius 3 is 2.39 bits per heavy atom. The molecule has 18 heavy (non-hydrogen) atoms. The quantitative estimate of drug-likeness (QED) is 0.742. The summed E-state index contributed by atoms with van der Waals surface area (Å²) in [7, 11) is 2.06. The van der Waals surface area contributed by atoms with Crippen LogP contribution in [-0.4, -0.2) is 62.0 Å². The third kappa shape index (κ3) is 5.36. The second-order valence-electron chi connectivity index (χ2n) is 5.29. The van der Waals surface area contributed by atoms with Crippen molar-refractivity contribution in [1.82, 2.24) is 15.1 Å². The Labute approximate surface area is 112 Å². The van der Waals surface area contributed by atoms with Gasteiger partial charge in [-0.1, -0.05) is 0 Å².